The fourth-order valence-corrected chi connectivity index (χ4v) is 2.94. The quantitative estimate of drug-likeness (QED) is 0.830. The first-order valence-corrected chi connectivity index (χ1v) is 7.61. The number of para-hydroxylation sites is 2. The number of alkyl halides is 3. The average molecular weight is 355 g/mol. The van der Waals surface area contributed by atoms with E-state index in [9.17, 15) is 22.8 Å². The van der Waals surface area contributed by atoms with Crippen molar-refractivity contribution in [1.82, 2.24) is 19.8 Å². The molecule has 0 bridgehead atoms. The zero-order valence-corrected chi connectivity index (χ0v) is 13.1. The fraction of sp³-hybridized carbons (Fsp3) is 0.400. The molecular formula is C15H16F3N5O2. The smallest absolute Gasteiger partial charge is 0.368 e. The van der Waals surface area contributed by atoms with Crippen molar-refractivity contribution in [3.63, 3.8) is 0 Å². The van der Waals surface area contributed by atoms with Crippen LogP contribution in [0, 0.1) is 0 Å². The monoisotopic (exact) mass is 355 g/mol. The van der Waals surface area contributed by atoms with Gasteiger partial charge >= 0.3 is 6.18 Å². The van der Waals surface area contributed by atoms with Crippen molar-refractivity contribution in [3.8, 4) is 0 Å². The molecule has 1 fully saturated rings. The predicted octanol–water partition coefficient (Wildman–Crippen LogP) is 0.341. The van der Waals surface area contributed by atoms with Gasteiger partial charge in [0.2, 0.25) is 17.6 Å². The third kappa shape index (κ3) is 3.29. The Kier molecular flexibility index (Phi) is 4.38. The molecule has 10 heteroatoms. The summed E-state index contributed by atoms with van der Waals surface area (Å²) in [4.78, 5) is 28.9. The number of hydrogen-bond acceptors (Lipinski definition) is 4. The number of fused-ring (bicyclic) bond motifs is 1. The Balaban J connectivity index is 1.96. The number of benzene rings is 1. The van der Waals surface area contributed by atoms with Gasteiger partial charge in [0, 0.05) is 19.6 Å². The summed E-state index contributed by atoms with van der Waals surface area (Å²) in [6, 6.07) is 5.17. The topological polar surface area (TPSA) is 93.3 Å². The number of carbonyl (C=O) groups is 2. The van der Waals surface area contributed by atoms with E-state index in [0.717, 1.165) is 4.57 Å². The molecule has 2 aromatic rings. The van der Waals surface area contributed by atoms with Crippen LogP contribution in [0.3, 0.4) is 0 Å². The van der Waals surface area contributed by atoms with Gasteiger partial charge in [-0.1, -0.05) is 12.1 Å². The van der Waals surface area contributed by atoms with E-state index < -0.39 is 36.4 Å². The lowest BCUT2D eigenvalue weighted by Gasteiger charge is -2.34. The highest BCUT2D eigenvalue weighted by Gasteiger charge is 2.39. The minimum absolute atomic E-state index is 0.148. The summed E-state index contributed by atoms with van der Waals surface area (Å²) >= 11 is 0. The van der Waals surface area contributed by atoms with E-state index in [1.54, 1.807) is 12.1 Å². The first-order chi connectivity index (χ1) is 11.8. The van der Waals surface area contributed by atoms with Crippen molar-refractivity contribution in [1.29, 1.82) is 0 Å². The molecular weight excluding hydrogens is 339 g/mol. The molecule has 1 saturated heterocycles. The first-order valence-electron chi connectivity index (χ1n) is 7.61. The van der Waals surface area contributed by atoms with E-state index in [1.807, 2.05) is 0 Å². The number of rotatable bonds is 3. The molecule has 0 aliphatic carbocycles. The Labute approximate surface area is 140 Å². The van der Waals surface area contributed by atoms with E-state index in [-0.39, 0.29) is 24.1 Å². The Hall–Kier alpha value is -2.62. The van der Waals surface area contributed by atoms with E-state index in [0.29, 0.717) is 6.54 Å². The Morgan fingerprint density at radius 3 is 2.72 bits per heavy atom. The molecule has 1 aromatic heterocycles. The van der Waals surface area contributed by atoms with Crippen molar-refractivity contribution in [2.75, 3.05) is 19.6 Å². The molecule has 3 rings (SSSR count). The van der Waals surface area contributed by atoms with Gasteiger partial charge in [0.15, 0.2) is 0 Å². The molecule has 0 unspecified atom stereocenters. The number of hydrogen-bond donors (Lipinski definition) is 2. The minimum Gasteiger partial charge on any atom is -0.368 e. The molecule has 0 radical (unpaired) electrons. The van der Waals surface area contributed by atoms with Crippen molar-refractivity contribution >= 4 is 22.8 Å². The largest absolute Gasteiger partial charge is 0.449 e. The number of nitrogens with zero attached hydrogens (tertiary/aromatic N) is 3. The zero-order chi connectivity index (χ0) is 18.2. The molecule has 1 aliphatic heterocycles. The second kappa shape index (κ2) is 6.36. The van der Waals surface area contributed by atoms with E-state index in [4.69, 9.17) is 5.73 Å². The molecule has 7 nitrogen and oxygen atoms in total. The van der Waals surface area contributed by atoms with E-state index in [2.05, 4.69) is 10.3 Å². The summed E-state index contributed by atoms with van der Waals surface area (Å²) in [7, 11) is 0. The normalized spacial score (nSPS) is 18.5. The van der Waals surface area contributed by atoms with Crippen LogP contribution in [0.1, 0.15) is 5.82 Å². The van der Waals surface area contributed by atoms with Crippen LogP contribution in [0.5, 0.6) is 0 Å². The third-order valence-electron chi connectivity index (χ3n) is 4.09. The molecule has 25 heavy (non-hydrogen) atoms. The number of carbonyl (C=O) groups excluding carboxylic acids is 2. The second-order valence-electron chi connectivity index (χ2n) is 5.72. The van der Waals surface area contributed by atoms with Crippen LogP contribution in [-0.2, 0) is 22.3 Å². The number of nitrogens with one attached hydrogen (secondary N) is 1. The highest BCUT2D eigenvalue weighted by Crippen LogP contribution is 2.31. The maximum atomic E-state index is 13.3. The lowest BCUT2D eigenvalue weighted by Crippen LogP contribution is -2.59. The zero-order valence-electron chi connectivity index (χ0n) is 13.1. The van der Waals surface area contributed by atoms with Crippen LogP contribution in [0.25, 0.3) is 11.0 Å². The summed E-state index contributed by atoms with van der Waals surface area (Å²) in [5.74, 6) is -2.46. The van der Waals surface area contributed by atoms with Gasteiger partial charge in [-0.3, -0.25) is 9.59 Å². The van der Waals surface area contributed by atoms with Crippen LogP contribution < -0.4 is 11.1 Å². The highest BCUT2D eigenvalue weighted by molar-refractivity contribution is 5.88. The first kappa shape index (κ1) is 17.2. The molecule has 1 aromatic carbocycles. The molecule has 1 atom stereocenters. The van der Waals surface area contributed by atoms with Gasteiger partial charge in [-0.15, -0.1) is 0 Å². The average Bonchev–Trinajstić information content (AvgIpc) is 2.94. The molecule has 3 N–H and O–H groups in total. The molecule has 134 valence electrons. The Morgan fingerprint density at radius 1 is 1.32 bits per heavy atom. The lowest BCUT2D eigenvalue weighted by atomic mass is 10.1. The number of piperazine rings is 1. The number of halogens is 3. The van der Waals surface area contributed by atoms with Crippen molar-refractivity contribution < 1.29 is 22.8 Å². The number of imidazole rings is 1. The van der Waals surface area contributed by atoms with Crippen molar-refractivity contribution in [2.45, 2.75) is 18.8 Å². The SMILES string of the molecule is NC(=O)[C@@H]1CNCCN1C(=O)Cn1c(C(F)(F)F)nc2ccccc21. The van der Waals surface area contributed by atoms with E-state index in [1.165, 1.54) is 17.0 Å². The maximum Gasteiger partial charge on any atom is 0.449 e. The van der Waals surface area contributed by atoms with Gasteiger partial charge in [0.05, 0.1) is 11.0 Å². The van der Waals surface area contributed by atoms with Crippen molar-refractivity contribution in [3.05, 3.63) is 30.1 Å². The van der Waals surface area contributed by atoms with Gasteiger partial charge in [-0.05, 0) is 12.1 Å². The fourth-order valence-electron chi connectivity index (χ4n) is 2.94. The molecule has 0 spiro atoms. The molecule has 2 heterocycles. The molecule has 1 aliphatic rings. The standard InChI is InChI=1S/C15H16F3N5O2/c16-15(17,18)14-21-9-3-1-2-4-10(9)23(14)8-12(24)22-6-5-20-7-11(22)13(19)25/h1-4,11,20H,5-8H2,(H2,19,25)/t11-/m0/s1. The summed E-state index contributed by atoms with van der Waals surface area (Å²) < 4.78 is 40.7. The number of primary amides is 1. The molecule has 0 saturated carbocycles. The van der Waals surface area contributed by atoms with Crippen molar-refractivity contribution in [2.24, 2.45) is 5.73 Å². The van der Waals surface area contributed by atoms with Crippen LogP contribution in [-0.4, -0.2) is 51.9 Å². The number of amides is 2. The van der Waals surface area contributed by atoms with E-state index >= 15 is 0 Å². The van der Waals surface area contributed by atoms with Crippen LogP contribution >= 0.6 is 0 Å². The Morgan fingerprint density at radius 2 is 2.04 bits per heavy atom. The van der Waals surface area contributed by atoms with Gasteiger partial charge in [0.25, 0.3) is 0 Å². The van der Waals surface area contributed by atoms with Gasteiger partial charge in [0.1, 0.15) is 12.6 Å². The third-order valence-corrected chi connectivity index (χ3v) is 4.09. The summed E-state index contributed by atoms with van der Waals surface area (Å²) in [5.41, 5.74) is 5.64. The second-order valence-corrected chi connectivity index (χ2v) is 5.72. The highest BCUT2D eigenvalue weighted by atomic mass is 19.4. The number of nitrogens with two attached hydrogens (primary N) is 1. The summed E-state index contributed by atoms with van der Waals surface area (Å²) in [6.45, 7) is 0.240. The summed E-state index contributed by atoms with van der Waals surface area (Å²) in [5, 5.41) is 2.93. The van der Waals surface area contributed by atoms with Crippen LogP contribution in [0.15, 0.2) is 24.3 Å². The maximum absolute atomic E-state index is 13.3. The summed E-state index contributed by atoms with van der Waals surface area (Å²) in [6.07, 6.45) is -4.70. The molecule has 2 amide bonds. The Bertz CT molecular complexity index is 817. The van der Waals surface area contributed by atoms with Crippen LogP contribution in [0.4, 0.5) is 13.2 Å². The van der Waals surface area contributed by atoms with Gasteiger partial charge < -0.3 is 20.5 Å². The predicted molar refractivity (Wildman–Crippen MR) is 82.3 cm³/mol. The lowest BCUT2D eigenvalue weighted by molar-refractivity contribution is -0.149. The minimum atomic E-state index is -4.70. The van der Waals surface area contributed by atoms with Crippen LogP contribution in [0.2, 0.25) is 0 Å². The number of aromatic nitrogens is 2. The van der Waals surface area contributed by atoms with Gasteiger partial charge in [-0.25, -0.2) is 4.98 Å². The van der Waals surface area contributed by atoms with Gasteiger partial charge in [-0.2, -0.15) is 13.2 Å².